The molecule has 0 amide bonds. The van der Waals surface area contributed by atoms with E-state index in [2.05, 4.69) is 52.9 Å². The molecule has 1 aromatic rings. The Hall–Kier alpha value is -0.540. The van der Waals surface area contributed by atoms with E-state index in [0.29, 0.717) is 6.04 Å². The summed E-state index contributed by atoms with van der Waals surface area (Å²) in [5, 5.41) is 0. The van der Waals surface area contributed by atoms with Crippen LogP contribution in [0.15, 0.2) is 22.7 Å². The van der Waals surface area contributed by atoms with Crippen LogP contribution >= 0.6 is 15.9 Å². The van der Waals surface area contributed by atoms with Gasteiger partial charge in [-0.15, -0.1) is 0 Å². The van der Waals surface area contributed by atoms with Crippen LogP contribution < -0.4 is 4.90 Å². The highest BCUT2D eigenvalue weighted by molar-refractivity contribution is 9.10. The average molecular weight is 270 g/mol. The second kappa shape index (κ2) is 4.54. The summed E-state index contributed by atoms with van der Waals surface area (Å²) in [5.74, 6) is 0. The molecule has 2 rings (SSSR count). The summed E-state index contributed by atoms with van der Waals surface area (Å²) < 4.78 is 6.61. The highest BCUT2D eigenvalue weighted by atomic mass is 79.9. The molecule has 0 aliphatic carbocycles. The number of hydrogen-bond donors (Lipinski definition) is 0. The number of benzene rings is 1. The molecule has 15 heavy (non-hydrogen) atoms. The summed E-state index contributed by atoms with van der Waals surface area (Å²) in [7, 11) is 0. The minimum atomic E-state index is 0.472. The third-order valence-corrected chi connectivity index (χ3v) is 3.73. The van der Waals surface area contributed by atoms with Gasteiger partial charge >= 0.3 is 0 Å². The van der Waals surface area contributed by atoms with Crippen LogP contribution in [0.4, 0.5) is 5.69 Å². The monoisotopic (exact) mass is 269 g/mol. The number of anilines is 1. The van der Waals surface area contributed by atoms with E-state index in [1.54, 1.807) is 0 Å². The van der Waals surface area contributed by atoms with E-state index in [0.717, 1.165) is 19.8 Å². The molecular weight excluding hydrogens is 254 g/mol. The number of rotatable bonds is 1. The lowest BCUT2D eigenvalue weighted by molar-refractivity contribution is 0.0989. The first-order chi connectivity index (χ1) is 7.18. The van der Waals surface area contributed by atoms with E-state index in [4.69, 9.17) is 4.74 Å². The molecule has 1 atom stereocenters. The molecule has 0 saturated carbocycles. The lowest BCUT2D eigenvalue weighted by Crippen LogP contribution is -2.43. The third-order valence-electron chi connectivity index (χ3n) is 2.84. The van der Waals surface area contributed by atoms with E-state index < -0.39 is 0 Å². The molecule has 0 bridgehead atoms. The Morgan fingerprint density at radius 1 is 1.47 bits per heavy atom. The van der Waals surface area contributed by atoms with Crippen LogP contribution in [-0.4, -0.2) is 25.8 Å². The quantitative estimate of drug-likeness (QED) is 0.777. The SMILES string of the molecule is Cc1cc(N2CCOC[C@H]2C)ccc1Br. The Morgan fingerprint density at radius 3 is 2.93 bits per heavy atom. The van der Waals surface area contributed by atoms with Gasteiger partial charge in [-0.3, -0.25) is 0 Å². The number of ether oxygens (including phenoxy) is 1. The maximum atomic E-state index is 5.44. The van der Waals surface area contributed by atoms with Crippen LogP contribution in [0.2, 0.25) is 0 Å². The predicted octanol–water partition coefficient (Wildman–Crippen LogP) is 2.98. The fraction of sp³-hybridized carbons (Fsp3) is 0.500. The summed E-state index contributed by atoms with van der Waals surface area (Å²) in [6.45, 7) is 6.98. The van der Waals surface area contributed by atoms with Crippen molar-refractivity contribution in [3.63, 3.8) is 0 Å². The van der Waals surface area contributed by atoms with Gasteiger partial charge in [0.1, 0.15) is 0 Å². The molecule has 0 spiro atoms. The van der Waals surface area contributed by atoms with Gasteiger partial charge in [0.2, 0.25) is 0 Å². The molecule has 82 valence electrons. The maximum absolute atomic E-state index is 5.44. The molecule has 1 aliphatic heterocycles. The smallest absolute Gasteiger partial charge is 0.0668 e. The maximum Gasteiger partial charge on any atom is 0.0668 e. The lowest BCUT2D eigenvalue weighted by atomic mass is 10.1. The van der Waals surface area contributed by atoms with Gasteiger partial charge in [0.05, 0.1) is 13.2 Å². The van der Waals surface area contributed by atoms with Crippen LogP contribution in [0.1, 0.15) is 12.5 Å². The summed E-state index contributed by atoms with van der Waals surface area (Å²) in [6.07, 6.45) is 0. The molecule has 2 nitrogen and oxygen atoms in total. The van der Waals surface area contributed by atoms with Crippen molar-refractivity contribution in [2.45, 2.75) is 19.9 Å². The summed E-state index contributed by atoms with van der Waals surface area (Å²) in [5.41, 5.74) is 2.58. The fourth-order valence-corrected chi connectivity index (χ4v) is 2.16. The van der Waals surface area contributed by atoms with Gasteiger partial charge in [-0.1, -0.05) is 15.9 Å². The largest absolute Gasteiger partial charge is 0.377 e. The van der Waals surface area contributed by atoms with Gasteiger partial charge in [-0.05, 0) is 37.6 Å². The van der Waals surface area contributed by atoms with Gasteiger partial charge in [0.15, 0.2) is 0 Å². The number of hydrogen-bond acceptors (Lipinski definition) is 2. The lowest BCUT2D eigenvalue weighted by Gasteiger charge is -2.35. The first-order valence-electron chi connectivity index (χ1n) is 5.29. The minimum Gasteiger partial charge on any atom is -0.377 e. The van der Waals surface area contributed by atoms with Crippen LogP contribution in [-0.2, 0) is 4.74 Å². The van der Waals surface area contributed by atoms with Crippen molar-refractivity contribution in [1.82, 2.24) is 0 Å². The van der Waals surface area contributed by atoms with E-state index in [1.165, 1.54) is 15.7 Å². The number of morpholine rings is 1. The molecular formula is C12H16BrNO. The molecule has 3 heteroatoms. The fourth-order valence-electron chi connectivity index (χ4n) is 1.92. The van der Waals surface area contributed by atoms with Crippen LogP contribution in [0.3, 0.4) is 0 Å². The molecule has 0 N–H and O–H groups in total. The summed E-state index contributed by atoms with van der Waals surface area (Å²) in [4.78, 5) is 2.41. The van der Waals surface area contributed by atoms with Crippen LogP contribution in [0.5, 0.6) is 0 Å². The van der Waals surface area contributed by atoms with Crippen molar-refractivity contribution in [3.8, 4) is 0 Å². The van der Waals surface area contributed by atoms with Crippen molar-refractivity contribution < 1.29 is 4.74 Å². The van der Waals surface area contributed by atoms with Crippen molar-refractivity contribution in [1.29, 1.82) is 0 Å². The Kier molecular flexibility index (Phi) is 3.32. The van der Waals surface area contributed by atoms with Gasteiger partial charge in [-0.25, -0.2) is 0 Å². The number of nitrogens with zero attached hydrogens (tertiary/aromatic N) is 1. The van der Waals surface area contributed by atoms with Gasteiger partial charge in [0.25, 0.3) is 0 Å². The van der Waals surface area contributed by atoms with Crippen LogP contribution in [0, 0.1) is 6.92 Å². The highest BCUT2D eigenvalue weighted by Gasteiger charge is 2.19. The molecule has 0 radical (unpaired) electrons. The molecule has 1 fully saturated rings. The van der Waals surface area contributed by atoms with Gasteiger partial charge < -0.3 is 9.64 Å². The van der Waals surface area contributed by atoms with Crippen molar-refractivity contribution >= 4 is 21.6 Å². The standard InChI is InChI=1S/C12H16BrNO/c1-9-7-11(3-4-12(9)13)14-5-6-15-8-10(14)2/h3-4,7,10H,5-6,8H2,1-2H3/t10-/m1/s1. The predicted molar refractivity (Wildman–Crippen MR) is 66.5 cm³/mol. The highest BCUT2D eigenvalue weighted by Crippen LogP contribution is 2.25. The zero-order valence-electron chi connectivity index (χ0n) is 9.16. The van der Waals surface area contributed by atoms with Crippen molar-refractivity contribution in [2.24, 2.45) is 0 Å². The third kappa shape index (κ3) is 2.34. The molecule has 1 aromatic carbocycles. The zero-order chi connectivity index (χ0) is 10.8. The Morgan fingerprint density at radius 2 is 2.27 bits per heavy atom. The second-order valence-corrected chi connectivity index (χ2v) is 4.91. The van der Waals surface area contributed by atoms with Gasteiger partial charge in [-0.2, -0.15) is 0 Å². The summed E-state index contributed by atoms with van der Waals surface area (Å²) >= 11 is 3.53. The molecule has 1 saturated heterocycles. The normalized spacial score (nSPS) is 21.8. The zero-order valence-corrected chi connectivity index (χ0v) is 10.8. The topological polar surface area (TPSA) is 12.5 Å². The molecule has 1 aliphatic rings. The van der Waals surface area contributed by atoms with Gasteiger partial charge in [0, 0.05) is 22.7 Å². The van der Waals surface area contributed by atoms with Crippen molar-refractivity contribution in [2.75, 3.05) is 24.7 Å². The molecule has 0 aromatic heterocycles. The average Bonchev–Trinajstić information content (AvgIpc) is 2.23. The van der Waals surface area contributed by atoms with E-state index >= 15 is 0 Å². The van der Waals surface area contributed by atoms with E-state index in [-0.39, 0.29) is 0 Å². The first-order valence-corrected chi connectivity index (χ1v) is 6.08. The van der Waals surface area contributed by atoms with E-state index in [1.807, 2.05) is 0 Å². The molecule has 0 unspecified atom stereocenters. The Balaban J connectivity index is 2.24. The Bertz CT molecular complexity index is 353. The number of halogens is 1. The minimum absolute atomic E-state index is 0.472. The second-order valence-electron chi connectivity index (χ2n) is 4.05. The van der Waals surface area contributed by atoms with E-state index in [9.17, 15) is 0 Å². The molecule has 1 heterocycles. The van der Waals surface area contributed by atoms with Crippen molar-refractivity contribution in [3.05, 3.63) is 28.2 Å². The first kappa shape index (κ1) is 11.0. The number of aryl methyl sites for hydroxylation is 1. The summed E-state index contributed by atoms with van der Waals surface area (Å²) in [6, 6.07) is 6.98. The van der Waals surface area contributed by atoms with Crippen LogP contribution in [0.25, 0.3) is 0 Å². The Labute approximate surface area is 99.4 Å².